The molecule has 2 heterocycles. The van der Waals surface area contributed by atoms with Crippen LogP contribution in [0.2, 0.25) is 0 Å². The molecule has 11 heteroatoms. The Bertz CT molecular complexity index is 1270. The maximum Gasteiger partial charge on any atom is 0.260 e. The van der Waals surface area contributed by atoms with Crippen molar-refractivity contribution in [3.63, 3.8) is 0 Å². The number of nitrogens with one attached hydrogen (secondary N) is 5. The molecule has 0 spiro atoms. The molecule has 37 heavy (non-hydrogen) atoms. The number of anilines is 5. The molecule has 7 N–H and O–H groups in total. The zero-order valence-corrected chi connectivity index (χ0v) is 20.5. The average Bonchev–Trinajstić information content (AvgIpc) is 3.43. The number of hydrogen-bond donors (Lipinski definition) is 6. The van der Waals surface area contributed by atoms with Crippen LogP contribution in [-0.2, 0) is 4.79 Å². The molecule has 4 rings (SSSR count). The van der Waals surface area contributed by atoms with Crippen molar-refractivity contribution in [2.24, 2.45) is 5.73 Å². The molecule has 1 aromatic heterocycles. The molecule has 1 saturated heterocycles. The molecule has 0 saturated carbocycles. The summed E-state index contributed by atoms with van der Waals surface area (Å²) in [5, 5.41) is 15.1. The third-order valence-corrected chi connectivity index (χ3v) is 5.77. The first-order valence-corrected chi connectivity index (χ1v) is 12.2. The van der Waals surface area contributed by atoms with Gasteiger partial charge in [0.05, 0.1) is 6.04 Å². The predicted molar refractivity (Wildman–Crippen MR) is 143 cm³/mol. The van der Waals surface area contributed by atoms with E-state index in [4.69, 9.17) is 5.73 Å². The van der Waals surface area contributed by atoms with E-state index in [0.29, 0.717) is 35.0 Å². The molecule has 2 aromatic carbocycles. The van der Waals surface area contributed by atoms with Crippen LogP contribution in [0.3, 0.4) is 0 Å². The Morgan fingerprint density at radius 1 is 1.05 bits per heavy atom. The van der Waals surface area contributed by atoms with Gasteiger partial charge >= 0.3 is 0 Å². The highest BCUT2D eigenvalue weighted by Gasteiger charge is 2.22. The molecule has 192 valence electrons. The maximum absolute atomic E-state index is 13.1. The number of hydrogen-bond acceptors (Lipinski definition) is 8. The smallest absolute Gasteiger partial charge is 0.260 e. The van der Waals surface area contributed by atoms with Crippen LogP contribution in [0.25, 0.3) is 0 Å². The molecule has 1 aliphatic rings. The first-order valence-electron chi connectivity index (χ1n) is 12.2. The van der Waals surface area contributed by atoms with E-state index in [1.54, 1.807) is 48.5 Å². The molecule has 1 aliphatic heterocycles. The quantitative estimate of drug-likeness (QED) is 0.246. The molecule has 11 nitrogen and oxygen atoms in total. The summed E-state index contributed by atoms with van der Waals surface area (Å²) in [5.74, 6) is -0.331. The number of nitrogens with zero attached hydrogens (tertiary/aromatic N) is 2. The van der Waals surface area contributed by atoms with Gasteiger partial charge in [0.15, 0.2) is 0 Å². The minimum Gasteiger partial charge on any atom is -0.369 e. The summed E-state index contributed by atoms with van der Waals surface area (Å²) < 4.78 is 0. The molecule has 1 fully saturated rings. The summed E-state index contributed by atoms with van der Waals surface area (Å²) in [6.07, 6.45) is 4.05. The lowest BCUT2D eigenvalue weighted by atomic mass is 10.2. The topological polar surface area (TPSA) is 163 Å². The fraction of sp³-hybridized carbons (Fsp3) is 0.269. The van der Waals surface area contributed by atoms with Gasteiger partial charge in [-0.3, -0.25) is 14.4 Å². The van der Waals surface area contributed by atoms with Gasteiger partial charge in [0, 0.05) is 35.4 Å². The van der Waals surface area contributed by atoms with Crippen molar-refractivity contribution in [1.29, 1.82) is 0 Å². The monoisotopic (exact) mass is 502 g/mol. The van der Waals surface area contributed by atoms with Gasteiger partial charge in [-0.15, -0.1) is 0 Å². The van der Waals surface area contributed by atoms with Crippen LogP contribution >= 0.6 is 0 Å². The van der Waals surface area contributed by atoms with E-state index >= 15 is 0 Å². The van der Waals surface area contributed by atoms with Crippen LogP contribution in [0, 0.1) is 0 Å². The molecule has 1 unspecified atom stereocenters. The second kappa shape index (κ2) is 12.0. The van der Waals surface area contributed by atoms with Crippen LogP contribution in [-0.4, -0.2) is 46.8 Å². The zero-order valence-electron chi connectivity index (χ0n) is 20.5. The van der Waals surface area contributed by atoms with E-state index in [-0.39, 0.29) is 23.5 Å². The number of nitrogens with two attached hydrogens (primary N) is 1. The molecule has 0 aliphatic carbocycles. The molecular formula is C26H30N8O3. The van der Waals surface area contributed by atoms with Crippen molar-refractivity contribution >= 4 is 46.5 Å². The van der Waals surface area contributed by atoms with E-state index in [0.717, 1.165) is 25.8 Å². The zero-order chi connectivity index (χ0) is 26.2. The Morgan fingerprint density at radius 2 is 1.81 bits per heavy atom. The minimum atomic E-state index is -0.511. The highest BCUT2D eigenvalue weighted by Crippen LogP contribution is 2.21. The summed E-state index contributed by atoms with van der Waals surface area (Å²) in [6, 6.07) is 13.4. The second-order valence-electron chi connectivity index (χ2n) is 8.62. The number of benzene rings is 2. The van der Waals surface area contributed by atoms with Crippen molar-refractivity contribution in [2.75, 3.05) is 34.4 Å². The Labute approximate surface area is 214 Å². The standard InChI is InChI=1S/C26H30N8O3/c1-2-12-29-23-20(15-30-26(34-23)33-17-10-8-16(9-11-17)22(27)35)24(36)31-18-5-3-6-19(14-18)32-25(37)21-7-4-13-28-21/h3,5-6,8-11,14-15,21,28H,2,4,7,12-13H2,1H3,(H2,27,35)(H,31,36)(H,32,37)(H2,29,30,33,34). The van der Waals surface area contributed by atoms with Crippen LogP contribution in [0.4, 0.5) is 28.8 Å². The lowest BCUT2D eigenvalue weighted by Gasteiger charge is -2.14. The van der Waals surface area contributed by atoms with Gasteiger partial charge < -0.3 is 32.3 Å². The first kappa shape index (κ1) is 25.6. The Balaban J connectivity index is 1.47. The Kier molecular flexibility index (Phi) is 8.26. The summed E-state index contributed by atoms with van der Waals surface area (Å²) in [4.78, 5) is 45.6. The van der Waals surface area contributed by atoms with Crippen LogP contribution in [0.5, 0.6) is 0 Å². The average molecular weight is 503 g/mol. The van der Waals surface area contributed by atoms with Crippen LogP contribution < -0.4 is 32.3 Å². The molecule has 0 bridgehead atoms. The van der Waals surface area contributed by atoms with Crippen LogP contribution in [0.1, 0.15) is 46.9 Å². The molecular weight excluding hydrogens is 472 g/mol. The third-order valence-electron chi connectivity index (χ3n) is 5.77. The minimum absolute atomic E-state index is 0.0900. The number of carbonyl (C=O) groups excluding carboxylic acids is 3. The van der Waals surface area contributed by atoms with Gasteiger partial charge in [-0.25, -0.2) is 4.98 Å². The van der Waals surface area contributed by atoms with Crippen LogP contribution in [0.15, 0.2) is 54.7 Å². The van der Waals surface area contributed by atoms with Gasteiger partial charge in [-0.05, 0) is 68.3 Å². The molecule has 3 amide bonds. The number of aromatic nitrogens is 2. The van der Waals surface area contributed by atoms with Gasteiger partial charge in [0.25, 0.3) is 5.91 Å². The summed E-state index contributed by atoms with van der Waals surface area (Å²) in [7, 11) is 0. The second-order valence-corrected chi connectivity index (χ2v) is 8.62. The van der Waals surface area contributed by atoms with Gasteiger partial charge in [-0.2, -0.15) is 4.98 Å². The first-order chi connectivity index (χ1) is 17.9. The Morgan fingerprint density at radius 3 is 2.49 bits per heavy atom. The lowest BCUT2D eigenvalue weighted by molar-refractivity contribution is -0.117. The van der Waals surface area contributed by atoms with E-state index in [1.807, 2.05) is 6.92 Å². The predicted octanol–water partition coefficient (Wildman–Crippen LogP) is 3.08. The number of rotatable bonds is 10. The highest BCUT2D eigenvalue weighted by atomic mass is 16.2. The fourth-order valence-electron chi connectivity index (χ4n) is 3.84. The van der Waals surface area contributed by atoms with E-state index < -0.39 is 11.8 Å². The SMILES string of the molecule is CCCNc1nc(Nc2ccc(C(N)=O)cc2)ncc1C(=O)Nc1cccc(NC(=O)C2CCCN2)c1. The highest BCUT2D eigenvalue weighted by molar-refractivity contribution is 6.07. The number of amides is 3. The van der Waals surface area contributed by atoms with E-state index in [1.165, 1.54) is 6.20 Å². The largest absolute Gasteiger partial charge is 0.369 e. The fourth-order valence-corrected chi connectivity index (χ4v) is 3.84. The number of carbonyl (C=O) groups is 3. The van der Waals surface area contributed by atoms with Crippen molar-refractivity contribution in [3.05, 3.63) is 65.9 Å². The summed E-state index contributed by atoms with van der Waals surface area (Å²) in [5.41, 5.74) is 7.74. The Hall–Kier alpha value is -4.51. The number of primary amides is 1. The molecule has 1 atom stereocenters. The normalized spacial score (nSPS) is 14.6. The lowest BCUT2D eigenvalue weighted by Crippen LogP contribution is -2.35. The van der Waals surface area contributed by atoms with Crippen molar-refractivity contribution in [1.82, 2.24) is 15.3 Å². The third kappa shape index (κ3) is 6.79. The van der Waals surface area contributed by atoms with Crippen molar-refractivity contribution in [3.8, 4) is 0 Å². The summed E-state index contributed by atoms with van der Waals surface area (Å²) >= 11 is 0. The van der Waals surface area contributed by atoms with E-state index in [2.05, 4.69) is 36.6 Å². The van der Waals surface area contributed by atoms with E-state index in [9.17, 15) is 14.4 Å². The van der Waals surface area contributed by atoms with Gasteiger partial charge in [0.1, 0.15) is 11.4 Å². The van der Waals surface area contributed by atoms with Crippen molar-refractivity contribution < 1.29 is 14.4 Å². The van der Waals surface area contributed by atoms with Gasteiger partial charge in [0.2, 0.25) is 17.8 Å². The summed E-state index contributed by atoms with van der Waals surface area (Å²) in [6.45, 7) is 3.45. The maximum atomic E-state index is 13.1. The molecule has 0 radical (unpaired) electrons. The van der Waals surface area contributed by atoms with Gasteiger partial charge in [-0.1, -0.05) is 13.0 Å². The molecule has 3 aromatic rings. The van der Waals surface area contributed by atoms with Crippen molar-refractivity contribution in [2.45, 2.75) is 32.2 Å².